The van der Waals surface area contributed by atoms with Crippen LogP contribution in [0.1, 0.15) is 29.5 Å². The summed E-state index contributed by atoms with van der Waals surface area (Å²) in [5.74, 6) is 0.961. The molecule has 2 aliphatic rings. The highest BCUT2D eigenvalue weighted by molar-refractivity contribution is 7.56. The number of aliphatic imine (C=N–C) groups is 1. The number of benzene rings is 2. The van der Waals surface area contributed by atoms with E-state index in [0.717, 1.165) is 47.4 Å². The Balaban J connectivity index is 1.68. The highest BCUT2D eigenvalue weighted by Gasteiger charge is 2.17. The van der Waals surface area contributed by atoms with E-state index in [0.29, 0.717) is 17.6 Å². The third-order valence-electron chi connectivity index (χ3n) is 5.92. The van der Waals surface area contributed by atoms with Gasteiger partial charge in [0.05, 0.1) is 0 Å². The first kappa shape index (κ1) is 22.4. The van der Waals surface area contributed by atoms with Crippen molar-refractivity contribution >= 4 is 25.4 Å². The molecule has 4 rings (SSSR count). The first-order chi connectivity index (χ1) is 15.6. The van der Waals surface area contributed by atoms with E-state index in [2.05, 4.69) is 65.7 Å². The summed E-state index contributed by atoms with van der Waals surface area (Å²) in [6.07, 6.45) is 22.7. The van der Waals surface area contributed by atoms with Crippen molar-refractivity contribution in [1.29, 1.82) is 0 Å². The number of aromatic hydroxyl groups is 1. The largest absolute Gasteiger partial charge is 0.507 e. The Morgan fingerprint density at radius 2 is 1.69 bits per heavy atom. The molecule has 0 heterocycles. The highest BCUT2D eigenvalue weighted by atomic mass is 31.1. The molecule has 0 aromatic heterocycles. The fourth-order valence-corrected chi connectivity index (χ4v) is 5.59. The molecule has 2 aromatic rings. The summed E-state index contributed by atoms with van der Waals surface area (Å²) in [6, 6.07) is 9.11. The van der Waals surface area contributed by atoms with Gasteiger partial charge in [-0.2, -0.15) is 0 Å². The van der Waals surface area contributed by atoms with E-state index in [-0.39, 0.29) is 14.4 Å². The maximum absolute atomic E-state index is 13.8. The summed E-state index contributed by atoms with van der Waals surface area (Å²) in [5.41, 5.74) is 3.00. The van der Waals surface area contributed by atoms with E-state index in [4.69, 9.17) is 0 Å². The van der Waals surface area contributed by atoms with E-state index in [9.17, 15) is 9.50 Å². The average molecular weight is 446 g/mol. The summed E-state index contributed by atoms with van der Waals surface area (Å²) >= 11 is 0. The number of phenols is 1. The molecule has 4 heteroatoms. The van der Waals surface area contributed by atoms with Crippen molar-refractivity contribution < 1.29 is 9.50 Å². The maximum atomic E-state index is 13.8. The summed E-state index contributed by atoms with van der Waals surface area (Å²) < 4.78 is 13.8. The second-order valence-corrected chi connectivity index (χ2v) is 9.75. The Kier molecular flexibility index (Phi) is 7.50. The summed E-state index contributed by atoms with van der Waals surface area (Å²) in [7, 11) is 1.91. The molecule has 2 aliphatic carbocycles. The van der Waals surface area contributed by atoms with E-state index in [1.807, 2.05) is 0 Å². The second-order valence-electron chi connectivity index (χ2n) is 8.42. The van der Waals surface area contributed by atoms with Crippen LogP contribution >= 0.6 is 8.58 Å². The summed E-state index contributed by atoms with van der Waals surface area (Å²) in [6.45, 7) is 0. The van der Waals surface area contributed by atoms with Crippen molar-refractivity contribution in [3.8, 4) is 5.75 Å². The van der Waals surface area contributed by atoms with Crippen LogP contribution in [0.2, 0.25) is 0 Å². The molecule has 0 saturated heterocycles. The number of halogens is 1. The lowest BCUT2D eigenvalue weighted by Gasteiger charge is -2.20. The van der Waals surface area contributed by atoms with Crippen molar-refractivity contribution in [2.45, 2.75) is 25.7 Å². The van der Waals surface area contributed by atoms with Gasteiger partial charge in [0, 0.05) is 24.1 Å². The van der Waals surface area contributed by atoms with Crippen molar-refractivity contribution in [1.82, 2.24) is 0 Å². The third kappa shape index (κ3) is 5.72. The van der Waals surface area contributed by atoms with Crippen LogP contribution in [-0.2, 0) is 12.8 Å². The molecule has 0 fully saturated rings. The van der Waals surface area contributed by atoms with E-state index >= 15 is 0 Å². The van der Waals surface area contributed by atoms with Gasteiger partial charge in [0.15, 0.2) is 0 Å². The van der Waals surface area contributed by atoms with Gasteiger partial charge >= 0.3 is 0 Å². The molecule has 32 heavy (non-hydrogen) atoms. The number of nitrogens with zero attached hydrogens (tertiary/aromatic N) is 1. The van der Waals surface area contributed by atoms with Crippen LogP contribution < -0.4 is 10.6 Å². The molecule has 0 saturated carbocycles. The minimum atomic E-state index is -0.276. The zero-order valence-electron chi connectivity index (χ0n) is 18.3. The van der Waals surface area contributed by atoms with Gasteiger partial charge in [-0.05, 0) is 72.1 Å². The first-order valence-corrected chi connectivity index (χ1v) is 12.1. The van der Waals surface area contributed by atoms with Crippen LogP contribution in [0.4, 0.5) is 4.39 Å². The van der Waals surface area contributed by atoms with E-state index < -0.39 is 0 Å². The van der Waals surface area contributed by atoms with Crippen LogP contribution in [0.15, 0.2) is 83.9 Å². The molecule has 0 spiro atoms. The van der Waals surface area contributed by atoms with E-state index in [1.165, 1.54) is 17.7 Å². The van der Waals surface area contributed by atoms with Crippen LogP contribution in [0.25, 0.3) is 0 Å². The average Bonchev–Trinajstić information content (AvgIpc) is 2.80. The molecule has 0 aliphatic heterocycles. The Bertz CT molecular complexity index is 1110. The molecule has 0 radical (unpaired) electrons. The number of allylic oxidation sites excluding steroid dienone is 8. The van der Waals surface area contributed by atoms with Crippen LogP contribution in [-0.4, -0.2) is 18.4 Å². The predicted molar refractivity (Wildman–Crippen MR) is 136 cm³/mol. The fourth-order valence-electron chi connectivity index (χ4n) is 4.32. The predicted octanol–water partition coefficient (Wildman–Crippen LogP) is 5.56. The van der Waals surface area contributed by atoms with Crippen LogP contribution in [0.5, 0.6) is 5.75 Å². The number of hydrogen-bond donors (Lipinski definition) is 1. The summed E-state index contributed by atoms with van der Waals surface area (Å²) in [4.78, 5) is 4.08. The number of rotatable bonds is 7. The molecule has 0 bridgehead atoms. The minimum Gasteiger partial charge on any atom is -0.507 e. The third-order valence-corrected chi connectivity index (χ3v) is 7.29. The quantitative estimate of drug-likeness (QED) is 0.439. The van der Waals surface area contributed by atoms with Crippen molar-refractivity contribution in [2.24, 2.45) is 16.8 Å². The molecule has 3 unspecified atom stereocenters. The molecular weight excluding hydrogens is 416 g/mol. The van der Waals surface area contributed by atoms with Gasteiger partial charge in [-0.15, -0.1) is 0 Å². The van der Waals surface area contributed by atoms with Gasteiger partial charge in [0.2, 0.25) is 0 Å². The molecule has 164 valence electrons. The monoisotopic (exact) mass is 445 g/mol. The highest BCUT2D eigenvalue weighted by Crippen LogP contribution is 2.30. The normalized spacial score (nSPS) is 20.2. The van der Waals surface area contributed by atoms with Gasteiger partial charge in [0.25, 0.3) is 0 Å². The van der Waals surface area contributed by atoms with Crippen molar-refractivity contribution in [3.05, 3.63) is 101 Å². The Morgan fingerprint density at radius 3 is 2.34 bits per heavy atom. The first-order valence-electron chi connectivity index (χ1n) is 11.1. The Labute approximate surface area is 191 Å². The molecule has 0 amide bonds. The Hall–Kier alpha value is -2.77. The van der Waals surface area contributed by atoms with Crippen LogP contribution in [0.3, 0.4) is 0 Å². The topological polar surface area (TPSA) is 32.6 Å². The number of hydrogen-bond acceptors (Lipinski definition) is 2. The second kappa shape index (κ2) is 10.7. The zero-order chi connectivity index (χ0) is 22.3. The van der Waals surface area contributed by atoms with Gasteiger partial charge < -0.3 is 5.11 Å². The lowest BCUT2D eigenvalue weighted by molar-refractivity contribution is 0.467. The Morgan fingerprint density at radius 1 is 0.969 bits per heavy atom. The van der Waals surface area contributed by atoms with Gasteiger partial charge in [-0.3, -0.25) is 4.99 Å². The van der Waals surface area contributed by atoms with Crippen molar-refractivity contribution in [2.75, 3.05) is 7.05 Å². The van der Waals surface area contributed by atoms with E-state index in [1.54, 1.807) is 19.3 Å². The van der Waals surface area contributed by atoms with Gasteiger partial charge in [-0.25, -0.2) is 4.39 Å². The van der Waals surface area contributed by atoms with Gasteiger partial charge in [-0.1, -0.05) is 69.3 Å². The van der Waals surface area contributed by atoms with Crippen molar-refractivity contribution in [3.63, 3.8) is 0 Å². The maximum Gasteiger partial charge on any atom is 0.126 e. The fraction of sp³-hybridized carbons (Fsp3) is 0.250. The smallest absolute Gasteiger partial charge is 0.126 e. The lowest BCUT2D eigenvalue weighted by atomic mass is 9.89. The lowest BCUT2D eigenvalue weighted by Crippen LogP contribution is -2.14. The number of phenolic OH excluding ortho intramolecular Hbond substituents is 1. The van der Waals surface area contributed by atoms with Crippen LogP contribution in [0, 0.1) is 17.7 Å². The minimum absolute atomic E-state index is 0.226. The molecule has 2 nitrogen and oxygen atoms in total. The molecular formula is C28H29FNOP. The standard InChI is InChI=1S/C28H29FNOP/c1-30-19-24-18-25(29)12-13-26(24)32-27-17-22(14-20-8-4-2-5-9-20)16-23(28(27)31)15-21-10-6-3-7-11-21/h2-8,10,12-13,16-21,31-32H,9,11,14-15H2,1H3. The molecule has 2 aromatic carbocycles. The van der Waals surface area contributed by atoms with Gasteiger partial charge in [0.1, 0.15) is 11.6 Å². The molecule has 1 N–H and O–H groups in total. The zero-order valence-corrected chi connectivity index (χ0v) is 19.3. The summed E-state index contributed by atoms with van der Waals surface area (Å²) in [5, 5.41) is 13.1. The molecule has 3 atom stereocenters. The SMILES string of the molecule is CN=Cc1cc(F)ccc1Pc1cc(CC2C=CC=CC2)cc(CC2C=CC=CC2)c1O.